The van der Waals surface area contributed by atoms with Gasteiger partial charge in [-0.1, -0.05) is 13.2 Å². The predicted molar refractivity (Wildman–Crippen MR) is 61.1 cm³/mol. The summed E-state index contributed by atoms with van der Waals surface area (Å²) >= 11 is 0. The van der Waals surface area contributed by atoms with Gasteiger partial charge in [0.1, 0.15) is 0 Å². The third-order valence-electron chi connectivity index (χ3n) is 2.29. The summed E-state index contributed by atoms with van der Waals surface area (Å²) in [4.78, 5) is 10.9. The molecule has 0 amide bonds. The van der Waals surface area contributed by atoms with E-state index in [2.05, 4.69) is 27.3 Å². The Morgan fingerprint density at radius 3 is 2.43 bits per heavy atom. The van der Waals surface area contributed by atoms with Gasteiger partial charge in [-0.3, -0.25) is 4.79 Å². The van der Waals surface area contributed by atoms with Gasteiger partial charge < -0.3 is 4.48 Å². The summed E-state index contributed by atoms with van der Waals surface area (Å²) in [6.45, 7) is 9.26. The maximum atomic E-state index is 10.9. The van der Waals surface area contributed by atoms with E-state index >= 15 is 0 Å². The van der Waals surface area contributed by atoms with Crippen LogP contribution in [0.4, 0.5) is 0 Å². The number of likely N-dealkylation sites (N-methyl/N-ethyl adjacent to an activating group) is 1. The summed E-state index contributed by atoms with van der Waals surface area (Å²) in [6.07, 6.45) is 6.03. The van der Waals surface area contributed by atoms with Gasteiger partial charge in [0.05, 0.1) is 27.2 Å². The first-order chi connectivity index (χ1) is 6.52. The van der Waals surface area contributed by atoms with Gasteiger partial charge in [0.15, 0.2) is 5.78 Å². The molecule has 0 spiro atoms. The summed E-state index contributed by atoms with van der Waals surface area (Å²) in [7, 11) is 4.36. The van der Waals surface area contributed by atoms with Gasteiger partial charge in [-0.25, -0.2) is 0 Å². The lowest BCUT2D eigenvalue weighted by Gasteiger charge is -2.28. The van der Waals surface area contributed by atoms with Crippen LogP contribution in [0.2, 0.25) is 0 Å². The van der Waals surface area contributed by atoms with Crippen molar-refractivity contribution in [3.63, 3.8) is 0 Å². The molecule has 0 rings (SSSR count). The maximum absolute atomic E-state index is 10.9. The van der Waals surface area contributed by atoms with Crippen LogP contribution in [0.3, 0.4) is 0 Å². The number of allylic oxidation sites excluding steroid dienone is 1. The van der Waals surface area contributed by atoms with Gasteiger partial charge in [0.25, 0.3) is 0 Å². The van der Waals surface area contributed by atoms with Crippen molar-refractivity contribution in [1.82, 2.24) is 0 Å². The molecule has 0 unspecified atom stereocenters. The molecule has 0 aromatic heterocycles. The monoisotopic (exact) mass is 196 g/mol. The fourth-order valence-electron chi connectivity index (χ4n) is 1.38. The Labute approximate surface area is 87.5 Å². The highest BCUT2D eigenvalue weighted by Crippen LogP contribution is 2.04. The van der Waals surface area contributed by atoms with Crippen molar-refractivity contribution in [2.24, 2.45) is 0 Å². The highest BCUT2D eigenvalue weighted by atomic mass is 16.1. The lowest BCUT2D eigenvalue weighted by Crippen LogP contribution is -2.40. The van der Waals surface area contributed by atoms with Gasteiger partial charge in [0.2, 0.25) is 0 Å². The smallest absolute Gasteiger partial charge is 0.155 e. The zero-order chi connectivity index (χ0) is 11.0. The van der Waals surface area contributed by atoms with E-state index in [1.807, 2.05) is 6.08 Å². The molecule has 80 valence electrons. The molecule has 0 heterocycles. The third-order valence-corrected chi connectivity index (χ3v) is 2.29. The molecule has 2 nitrogen and oxygen atoms in total. The third kappa shape index (κ3) is 6.61. The van der Waals surface area contributed by atoms with Gasteiger partial charge >= 0.3 is 0 Å². The maximum Gasteiger partial charge on any atom is 0.155 e. The number of hydrogen-bond donors (Lipinski definition) is 0. The largest absolute Gasteiger partial charge is 0.325 e. The van der Waals surface area contributed by atoms with Crippen LogP contribution >= 0.6 is 0 Å². The second kappa shape index (κ2) is 6.55. The Morgan fingerprint density at radius 1 is 1.29 bits per heavy atom. The molecule has 0 saturated heterocycles. The molecule has 0 atom stereocenters. The van der Waals surface area contributed by atoms with E-state index in [1.54, 1.807) is 0 Å². The van der Waals surface area contributed by atoms with Crippen LogP contribution in [0, 0.1) is 0 Å². The van der Waals surface area contributed by atoms with Crippen LogP contribution in [0.15, 0.2) is 25.3 Å². The molecular formula is C12H22NO+. The Kier molecular flexibility index (Phi) is 6.13. The highest BCUT2D eigenvalue weighted by Gasteiger charge is 2.11. The van der Waals surface area contributed by atoms with E-state index in [-0.39, 0.29) is 5.78 Å². The molecule has 0 aromatic carbocycles. The van der Waals surface area contributed by atoms with Crippen molar-refractivity contribution in [2.45, 2.75) is 19.3 Å². The molecular weight excluding hydrogens is 174 g/mol. The summed E-state index contributed by atoms with van der Waals surface area (Å²) in [5, 5.41) is 0. The number of carbonyl (C=O) groups is 1. The second-order valence-electron chi connectivity index (χ2n) is 4.26. The first-order valence-electron chi connectivity index (χ1n) is 5.10. The standard InChI is InChI=1S/C12H22NO/c1-5-10-13(3,4)11-8-7-9-12(14)6-2/h5-6H,1-2,7-11H2,3-4H3/q+1. The second-order valence-corrected chi connectivity index (χ2v) is 4.26. The molecule has 0 radical (unpaired) electrons. The average molecular weight is 196 g/mol. The topological polar surface area (TPSA) is 17.1 Å². The predicted octanol–water partition coefficient (Wildman–Crippen LogP) is 2.17. The van der Waals surface area contributed by atoms with Crippen LogP contribution in [-0.2, 0) is 4.79 Å². The molecule has 0 aliphatic carbocycles. The molecule has 0 bridgehead atoms. The minimum atomic E-state index is 0.152. The molecule has 0 aliphatic heterocycles. The van der Waals surface area contributed by atoms with E-state index in [4.69, 9.17) is 0 Å². The van der Waals surface area contributed by atoms with Crippen molar-refractivity contribution < 1.29 is 9.28 Å². The van der Waals surface area contributed by atoms with Crippen molar-refractivity contribution in [2.75, 3.05) is 27.2 Å². The lowest BCUT2D eigenvalue weighted by atomic mass is 10.1. The van der Waals surface area contributed by atoms with Crippen LogP contribution in [-0.4, -0.2) is 37.5 Å². The zero-order valence-electron chi connectivity index (χ0n) is 9.46. The zero-order valence-corrected chi connectivity index (χ0v) is 9.46. The summed E-state index contributed by atoms with van der Waals surface area (Å²) in [5.41, 5.74) is 0. The van der Waals surface area contributed by atoms with Gasteiger partial charge in [-0.2, -0.15) is 0 Å². The normalized spacial score (nSPS) is 11.0. The average Bonchev–Trinajstić information content (AvgIpc) is 2.12. The van der Waals surface area contributed by atoms with E-state index in [9.17, 15) is 4.79 Å². The van der Waals surface area contributed by atoms with Gasteiger partial charge in [-0.05, 0) is 25.0 Å². The van der Waals surface area contributed by atoms with Gasteiger partial charge in [0, 0.05) is 6.42 Å². The van der Waals surface area contributed by atoms with Crippen molar-refractivity contribution >= 4 is 5.78 Å². The minimum Gasteiger partial charge on any atom is -0.325 e. The summed E-state index contributed by atoms with van der Waals surface area (Å²) in [6, 6.07) is 0. The molecule has 0 aliphatic rings. The van der Waals surface area contributed by atoms with Crippen LogP contribution in [0.25, 0.3) is 0 Å². The van der Waals surface area contributed by atoms with Crippen LogP contribution < -0.4 is 0 Å². The number of unbranched alkanes of at least 4 members (excludes halogenated alkanes) is 1. The van der Waals surface area contributed by atoms with E-state index in [1.165, 1.54) is 6.08 Å². The first kappa shape index (κ1) is 13.1. The Bertz CT molecular complexity index is 206. The fourth-order valence-corrected chi connectivity index (χ4v) is 1.38. The van der Waals surface area contributed by atoms with E-state index in [0.29, 0.717) is 6.42 Å². The number of quaternary nitrogens is 1. The van der Waals surface area contributed by atoms with Crippen LogP contribution in [0.5, 0.6) is 0 Å². The summed E-state index contributed by atoms with van der Waals surface area (Å²) in [5.74, 6) is 0.152. The molecule has 0 saturated carbocycles. The fraction of sp³-hybridized carbons (Fsp3) is 0.583. The number of carbonyl (C=O) groups excluding carboxylic acids is 1. The Hall–Kier alpha value is -0.890. The first-order valence-corrected chi connectivity index (χ1v) is 5.10. The Morgan fingerprint density at radius 2 is 1.93 bits per heavy atom. The molecule has 2 heteroatoms. The lowest BCUT2D eigenvalue weighted by molar-refractivity contribution is -0.884. The van der Waals surface area contributed by atoms with Crippen molar-refractivity contribution in [1.29, 1.82) is 0 Å². The number of hydrogen-bond acceptors (Lipinski definition) is 1. The minimum absolute atomic E-state index is 0.152. The van der Waals surface area contributed by atoms with Crippen molar-refractivity contribution in [3.8, 4) is 0 Å². The quantitative estimate of drug-likeness (QED) is 0.252. The van der Waals surface area contributed by atoms with Crippen molar-refractivity contribution in [3.05, 3.63) is 25.3 Å². The number of ketones is 1. The van der Waals surface area contributed by atoms with E-state index < -0.39 is 0 Å². The number of nitrogens with zero attached hydrogens (tertiary/aromatic N) is 1. The molecule has 0 N–H and O–H groups in total. The number of rotatable bonds is 8. The molecule has 0 fully saturated rings. The Balaban J connectivity index is 3.57. The summed E-state index contributed by atoms with van der Waals surface area (Å²) < 4.78 is 0.950. The molecule has 0 aromatic rings. The van der Waals surface area contributed by atoms with Crippen LogP contribution in [0.1, 0.15) is 19.3 Å². The SMILES string of the molecule is C=CC[N+](C)(C)CCCCC(=O)C=C. The van der Waals surface area contributed by atoms with Gasteiger partial charge in [-0.15, -0.1) is 0 Å². The van der Waals surface area contributed by atoms with E-state index in [0.717, 1.165) is 30.4 Å². The molecule has 14 heavy (non-hydrogen) atoms. The highest BCUT2D eigenvalue weighted by molar-refractivity contribution is 5.88.